The molecule has 0 spiro atoms. The predicted octanol–water partition coefficient (Wildman–Crippen LogP) is 1.67. The smallest absolute Gasteiger partial charge is 0.350 e. The van der Waals surface area contributed by atoms with E-state index in [4.69, 9.17) is 5.73 Å². The van der Waals surface area contributed by atoms with Gasteiger partial charge in [-0.2, -0.15) is 5.10 Å². The van der Waals surface area contributed by atoms with Crippen LogP contribution in [0, 0.1) is 12.7 Å². The number of aryl methyl sites for hydroxylation is 1. The van der Waals surface area contributed by atoms with Crippen LogP contribution in [-0.2, 0) is 6.61 Å². The van der Waals surface area contributed by atoms with Crippen LogP contribution in [0.4, 0.5) is 10.3 Å². The first-order valence-corrected chi connectivity index (χ1v) is 8.09. The van der Waals surface area contributed by atoms with E-state index in [0.717, 1.165) is 4.40 Å². The Bertz CT molecular complexity index is 1210. The number of rotatable bonds is 3. The van der Waals surface area contributed by atoms with Crippen LogP contribution in [0.1, 0.15) is 11.4 Å². The Balaban J connectivity index is 2.12. The zero-order valence-electron chi connectivity index (χ0n) is 14.3. The third kappa shape index (κ3) is 2.83. The SMILES string of the molecule is Cc1cc(-c2c(-c3ccc(F)cc3)nc(N)n3c(=O)[nH]nc23)cc(CO)n1. The number of anilines is 1. The minimum atomic E-state index is -0.518. The van der Waals surface area contributed by atoms with Crippen molar-refractivity contribution in [2.45, 2.75) is 13.5 Å². The van der Waals surface area contributed by atoms with Crippen molar-refractivity contribution in [3.63, 3.8) is 0 Å². The van der Waals surface area contributed by atoms with Gasteiger partial charge in [0, 0.05) is 11.3 Å². The third-order valence-corrected chi connectivity index (χ3v) is 4.16. The summed E-state index contributed by atoms with van der Waals surface area (Å²) in [4.78, 5) is 20.7. The van der Waals surface area contributed by atoms with E-state index in [1.807, 2.05) is 0 Å². The van der Waals surface area contributed by atoms with Gasteiger partial charge in [0.1, 0.15) is 5.82 Å². The van der Waals surface area contributed by atoms with E-state index in [0.29, 0.717) is 33.8 Å². The van der Waals surface area contributed by atoms with Gasteiger partial charge in [0.15, 0.2) is 5.65 Å². The van der Waals surface area contributed by atoms with Crippen LogP contribution >= 0.6 is 0 Å². The van der Waals surface area contributed by atoms with E-state index in [9.17, 15) is 14.3 Å². The molecule has 0 fully saturated rings. The fraction of sp³-hybridized carbons (Fsp3) is 0.111. The summed E-state index contributed by atoms with van der Waals surface area (Å²) in [5, 5.41) is 16.0. The number of hydrogen-bond donors (Lipinski definition) is 3. The van der Waals surface area contributed by atoms with Gasteiger partial charge in [-0.15, -0.1) is 0 Å². The number of aliphatic hydroxyl groups is 1. The fourth-order valence-electron chi connectivity index (χ4n) is 3.05. The number of hydrogen-bond acceptors (Lipinski definition) is 6. The van der Waals surface area contributed by atoms with E-state index in [1.54, 1.807) is 31.2 Å². The fourth-order valence-corrected chi connectivity index (χ4v) is 3.05. The van der Waals surface area contributed by atoms with Crippen LogP contribution in [-0.4, -0.2) is 29.7 Å². The molecule has 27 heavy (non-hydrogen) atoms. The van der Waals surface area contributed by atoms with Crippen LogP contribution in [0.15, 0.2) is 41.2 Å². The Morgan fingerprint density at radius 2 is 1.93 bits per heavy atom. The second-order valence-corrected chi connectivity index (χ2v) is 6.03. The average Bonchev–Trinajstić information content (AvgIpc) is 3.04. The molecule has 3 heterocycles. The van der Waals surface area contributed by atoms with Crippen molar-refractivity contribution in [3.05, 3.63) is 64.1 Å². The standard InChI is InChI=1S/C18H15FN6O2/c1-9-6-11(7-13(8-26)21-9)14-15(10-2-4-12(19)5-3-10)22-17(20)25-16(14)23-24-18(25)27/h2-7,26H,8H2,1H3,(H2,20,22)(H,24,27). The molecule has 4 N–H and O–H groups in total. The molecule has 0 unspecified atom stereocenters. The van der Waals surface area contributed by atoms with Crippen LogP contribution in [0.3, 0.4) is 0 Å². The molecule has 0 amide bonds. The topological polar surface area (TPSA) is 122 Å². The van der Waals surface area contributed by atoms with Crippen molar-refractivity contribution in [1.82, 2.24) is 24.6 Å². The number of aromatic amines is 1. The normalized spacial score (nSPS) is 11.2. The first-order chi connectivity index (χ1) is 13.0. The molecule has 0 saturated heterocycles. The highest BCUT2D eigenvalue weighted by atomic mass is 19.1. The number of nitrogens with one attached hydrogen (secondary N) is 1. The maximum absolute atomic E-state index is 13.4. The van der Waals surface area contributed by atoms with Gasteiger partial charge in [0.05, 0.1) is 23.6 Å². The lowest BCUT2D eigenvalue weighted by atomic mass is 9.99. The third-order valence-electron chi connectivity index (χ3n) is 4.16. The van der Waals surface area contributed by atoms with Gasteiger partial charge in [-0.3, -0.25) is 4.98 Å². The number of fused-ring (bicyclic) bond motifs is 1. The van der Waals surface area contributed by atoms with Gasteiger partial charge in [0.25, 0.3) is 0 Å². The van der Waals surface area contributed by atoms with Crippen molar-refractivity contribution in [3.8, 4) is 22.4 Å². The second kappa shape index (κ2) is 6.29. The molecule has 0 atom stereocenters. The highest BCUT2D eigenvalue weighted by Gasteiger charge is 2.20. The van der Waals surface area contributed by atoms with E-state index in [2.05, 4.69) is 20.2 Å². The number of nitrogens with zero attached hydrogens (tertiary/aromatic N) is 4. The van der Waals surface area contributed by atoms with Crippen LogP contribution in [0.2, 0.25) is 0 Å². The maximum Gasteiger partial charge on any atom is 0.350 e. The first kappa shape index (κ1) is 16.9. The quantitative estimate of drug-likeness (QED) is 0.507. The summed E-state index contributed by atoms with van der Waals surface area (Å²) in [6.07, 6.45) is 0. The number of aliphatic hydroxyl groups excluding tert-OH is 1. The molecule has 3 aromatic heterocycles. The molecular formula is C18H15FN6O2. The van der Waals surface area contributed by atoms with Gasteiger partial charge in [-0.1, -0.05) is 0 Å². The summed E-state index contributed by atoms with van der Waals surface area (Å²) < 4.78 is 14.5. The molecule has 0 radical (unpaired) electrons. The van der Waals surface area contributed by atoms with Gasteiger partial charge in [-0.05, 0) is 48.9 Å². The largest absolute Gasteiger partial charge is 0.390 e. The zero-order chi connectivity index (χ0) is 19.1. The summed E-state index contributed by atoms with van der Waals surface area (Å²) in [6, 6.07) is 9.25. The summed E-state index contributed by atoms with van der Waals surface area (Å²) >= 11 is 0. The summed E-state index contributed by atoms with van der Waals surface area (Å²) in [7, 11) is 0. The highest BCUT2D eigenvalue weighted by molar-refractivity contribution is 5.90. The number of benzene rings is 1. The molecule has 0 bridgehead atoms. The van der Waals surface area contributed by atoms with Crippen molar-refractivity contribution in [2.24, 2.45) is 0 Å². The highest BCUT2D eigenvalue weighted by Crippen LogP contribution is 2.34. The van der Waals surface area contributed by atoms with Crippen molar-refractivity contribution < 1.29 is 9.50 Å². The lowest BCUT2D eigenvalue weighted by molar-refractivity contribution is 0.276. The number of pyridine rings is 1. The zero-order valence-corrected chi connectivity index (χ0v) is 14.3. The Morgan fingerprint density at radius 3 is 2.63 bits per heavy atom. The number of H-pyrrole nitrogens is 1. The Morgan fingerprint density at radius 1 is 1.19 bits per heavy atom. The number of nitrogen functional groups attached to an aromatic ring is 1. The molecule has 8 nitrogen and oxygen atoms in total. The molecule has 1 aromatic carbocycles. The Kier molecular flexibility index (Phi) is 3.93. The molecule has 0 aliphatic rings. The summed E-state index contributed by atoms with van der Waals surface area (Å²) in [5.41, 5.74) is 9.09. The van der Waals surface area contributed by atoms with Gasteiger partial charge in [0.2, 0.25) is 5.95 Å². The summed E-state index contributed by atoms with van der Waals surface area (Å²) in [6.45, 7) is 1.55. The molecule has 0 aliphatic heterocycles. The molecule has 0 saturated carbocycles. The number of nitrogens with two attached hydrogens (primary N) is 1. The lowest BCUT2D eigenvalue weighted by Crippen LogP contribution is -2.15. The van der Waals surface area contributed by atoms with Crippen molar-refractivity contribution >= 4 is 11.6 Å². The van der Waals surface area contributed by atoms with Crippen molar-refractivity contribution in [2.75, 3.05) is 5.73 Å². The molecule has 9 heteroatoms. The van der Waals surface area contributed by atoms with E-state index in [-0.39, 0.29) is 24.0 Å². The van der Waals surface area contributed by atoms with Gasteiger partial charge >= 0.3 is 5.69 Å². The minimum absolute atomic E-state index is 0.0417. The van der Waals surface area contributed by atoms with E-state index < -0.39 is 5.69 Å². The predicted molar refractivity (Wildman–Crippen MR) is 97.3 cm³/mol. The van der Waals surface area contributed by atoms with E-state index in [1.165, 1.54) is 12.1 Å². The number of aromatic nitrogens is 5. The lowest BCUT2D eigenvalue weighted by Gasteiger charge is -2.13. The monoisotopic (exact) mass is 366 g/mol. The molecule has 4 rings (SSSR count). The van der Waals surface area contributed by atoms with Crippen molar-refractivity contribution in [1.29, 1.82) is 0 Å². The molecule has 0 aliphatic carbocycles. The van der Waals surface area contributed by atoms with E-state index >= 15 is 0 Å². The minimum Gasteiger partial charge on any atom is -0.390 e. The van der Waals surface area contributed by atoms with Crippen LogP contribution < -0.4 is 11.4 Å². The first-order valence-electron chi connectivity index (χ1n) is 8.09. The van der Waals surface area contributed by atoms with Gasteiger partial charge in [-0.25, -0.2) is 23.7 Å². The second-order valence-electron chi connectivity index (χ2n) is 6.03. The maximum atomic E-state index is 13.4. The molecule has 136 valence electrons. The Labute approximate surface area is 152 Å². The average molecular weight is 366 g/mol. The molecule has 4 aromatic rings. The van der Waals surface area contributed by atoms with Crippen LogP contribution in [0.5, 0.6) is 0 Å². The van der Waals surface area contributed by atoms with Gasteiger partial charge < -0.3 is 10.8 Å². The van der Waals surface area contributed by atoms with Crippen LogP contribution in [0.25, 0.3) is 28.0 Å². The Hall–Kier alpha value is -3.59. The molecular weight excluding hydrogens is 351 g/mol. The summed E-state index contributed by atoms with van der Waals surface area (Å²) in [5.74, 6) is -0.423. The number of halogens is 1.